The monoisotopic (exact) mass is 862 g/mol. The van der Waals surface area contributed by atoms with Gasteiger partial charge < -0.3 is 20.3 Å². The van der Waals surface area contributed by atoms with Crippen LogP contribution in [0.1, 0.15) is 303 Å². The van der Waals surface area contributed by atoms with E-state index in [1.165, 1.54) is 193 Å². The first-order chi connectivity index (χ1) is 30.0. The predicted molar refractivity (Wildman–Crippen MR) is 264 cm³/mol. The van der Waals surface area contributed by atoms with Gasteiger partial charge >= 0.3 is 5.97 Å². The Balaban J connectivity index is 3.50. The highest BCUT2D eigenvalue weighted by molar-refractivity contribution is 5.76. The molecule has 0 radical (unpaired) electrons. The number of hydrogen-bond acceptors (Lipinski definition) is 5. The molecule has 0 aromatic heterocycles. The van der Waals surface area contributed by atoms with Crippen LogP contribution in [-0.2, 0) is 14.3 Å². The fraction of sp³-hybridized carbons (Fsp3) is 0.927. The van der Waals surface area contributed by atoms with E-state index in [1.54, 1.807) is 0 Å². The summed E-state index contributed by atoms with van der Waals surface area (Å²) in [6.45, 7) is 4.89. The molecule has 0 heterocycles. The molecule has 0 saturated heterocycles. The van der Waals surface area contributed by atoms with Gasteiger partial charge in [-0.05, 0) is 51.4 Å². The van der Waals surface area contributed by atoms with Crippen LogP contribution in [0.3, 0.4) is 0 Å². The molecule has 6 nitrogen and oxygen atoms in total. The number of amides is 1. The zero-order valence-corrected chi connectivity index (χ0v) is 41.2. The summed E-state index contributed by atoms with van der Waals surface area (Å²) < 4.78 is 5.43. The van der Waals surface area contributed by atoms with Crippen molar-refractivity contribution in [2.75, 3.05) is 13.2 Å². The average molecular weight is 862 g/mol. The summed E-state index contributed by atoms with van der Waals surface area (Å²) in [5.74, 6) is -0.0906. The molecule has 0 aliphatic carbocycles. The van der Waals surface area contributed by atoms with Crippen molar-refractivity contribution in [1.82, 2.24) is 5.32 Å². The zero-order valence-electron chi connectivity index (χ0n) is 41.2. The molecule has 6 heteroatoms. The second-order valence-electron chi connectivity index (χ2n) is 18.9. The third-order valence-electron chi connectivity index (χ3n) is 12.8. The molecule has 2 unspecified atom stereocenters. The molecule has 0 aliphatic heterocycles. The second-order valence-corrected chi connectivity index (χ2v) is 18.9. The Morgan fingerprint density at radius 3 is 1.16 bits per heavy atom. The maximum Gasteiger partial charge on any atom is 0.305 e. The highest BCUT2D eigenvalue weighted by Crippen LogP contribution is 2.17. The molecule has 1 amide bonds. The van der Waals surface area contributed by atoms with Crippen LogP contribution in [-0.4, -0.2) is 47.4 Å². The van der Waals surface area contributed by atoms with E-state index in [0.717, 1.165) is 77.0 Å². The molecule has 0 saturated carbocycles. The molecule has 2 atom stereocenters. The molecule has 3 N–H and O–H groups in total. The number of unbranched alkanes of at least 4 members (excludes halogenated alkanes) is 38. The summed E-state index contributed by atoms with van der Waals surface area (Å²) in [7, 11) is 0. The fourth-order valence-corrected chi connectivity index (χ4v) is 8.58. The lowest BCUT2D eigenvalue weighted by Gasteiger charge is -2.22. The summed E-state index contributed by atoms with van der Waals surface area (Å²) in [5.41, 5.74) is 0. The Hall–Kier alpha value is -1.40. The van der Waals surface area contributed by atoms with Gasteiger partial charge in [-0.1, -0.05) is 251 Å². The first-order valence-corrected chi connectivity index (χ1v) is 27.4. The van der Waals surface area contributed by atoms with Crippen molar-refractivity contribution in [1.29, 1.82) is 0 Å². The van der Waals surface area contributed by atoms with E-state index in [9.17, 15) is 19.8 Å². The highest BCUT2D eigenvalue weighted by Gasteiger charge is 2.20. The summed E-state index contributed by atoms with van der Waals surface area (Å²) in [4.78, 5) is 24.5. The summed E-state index contributed by atoms with van der Waals surface area (Å²) >= 11 is 0. The van der Waals surface area contributed by atoms with E-state index >= 15 is 0 Å². The standard InChI is InChI=1S/C55H107NO5/c1-3-5-7-9-11-13-15-17-18-19-20-21-22-23-24-25-27-31-35-39-43-47-53(58)52(51-57)56-54(59)48-44-40-36-32-28-26-30-34-38-42-46-50-61-55(60)49-45-41-37-33-29-16-14-12-10-8-6-4-2/h30,34,52-53,57-58H,3-29,31-33,35-51H2,1-2H3,(H,56,59)/b34-30-. The topological polar surface area (TPSA) is 95.9 Å². The van der Waals surface area contributed by atoms with Crippen molar-refractivity contribution < 1.29 is 24.5 Å². The Morgan fingerprint density at radius 2 is 0.770 bits per heavy atom. The minimum Gasteiger partial charge on any atom is -0.466 e. The predicted octanol–water partition coefficient (Wildman–Crippen LogP) is 16.5. The van der Waals surface area contributed by atoms with E-state index in [4.69, 9.17) is 4.74 Å². The first kappa shape index (κ1) is 59.6. The van der Waals surface area contributed by atoms with Gasteiger partial charge in [0.15, 0.2) is 0 Å². The zero-order chi connectivity index (χ0) is 44.4. The molecular weight excluding hydrogens is 755 g/mol. The second kappa shape index (κ2) is 51.2. The van der Waals surface area contributed by atoms with Gasteiger partial charge in [0.05, 0.1) is 25.4 Å². The number of allylic oxidation sites excluding steroid dienone is 2. The normalized spacial score (nSPS) is 12.7. The van der Waals surface area contributed by atoms with Gasteiger partial charge in [-0.3, -0.25) is 9.59 Å². The van der Waals surface area contributed by atoms with Gasteiger partial charge in [-0.15, -0.1) is 0 Å². The third kappa shape index (κ3) is 47.9. The molecular formula is C55H107NO5. The Bertz CT molecular complexity index is 909. The van der Waals surface area contributed by atoms with Gasteiger partial charge in [0.25, 0.3) is 0 Å². The van der Waals surface area contributed by atoms with Crippen LogP contribution >= 0.6 is 0 Å². The number of ether oxygens (including phenoxy) is 1. The number of rotatable bonds is 51. The van der Waals surface area contributed by atoms with Crippen molar-refractivity contribution in [2.24, 2.45) is 0 Å². The molecule has 0 aliphatic rings. The molecule has 0 aromatic rings. The van der Waals surface area contributed by atoms with Gasteiger partial charge in [-0.2, -0.15) is 0 Å². The summed E-state index contributed by atoms with van der Waals surface area (Å²) in [6, 6.07) is -0.562. The lowest BCUT2D eigenvalue weighted by molar-refractivity contribution is -0.143. The Morgan fingerprint density at radius 1 is 0.443 bits per heavy atom. The number of nitrogens with one attached hydrogen (secondary N) is 1. The molecule has 0 aromatic carbocycles. The van der Waals surface area contributed by atoms with Crippen molar-refractivity contribution in [2.45, 2.75) is 315 Å². The number of carbonyl (C=O) groups is 2. The van der Waals surface area contributed by atoms with Crippen LogP contribution in [0.2, 0.25) is 0 Å². The van der Waals surface area contributed by atoms with Crippen LogP contribution in [0.4, 0.5) is 0 Å². The molecule has 0 bridgehead atoms. The van der Waals surface area contributed by atoms with E-state index < -0.39 is 12.1 Å². The third-order valence-corrected chi connectivity index (χ3v) is 12.8. The quantitative estimate of drug-likeness (QED) is 0.0322. The minimum absolute atomic E-state index is 0.0297. The fourth-order valence-electron chi connectivity index (χ4n) is 8.58. The Labute approximate surface area is 380 Å². The largest absolute Gasteiger partial charge is 0.466 e. The van der Waals surface area contributed by atoms with Crippen molar-refractivity contribution in [3.05, 3.63) is 12.2 Å². The molecule has 61 heavy (non-hydrogen) atoms. The van der Waals surface area contributed by atoms with Crippen molar-refractivity contribution >= 4 is 11.9 Å². The molecule has 0 rings (SSSR count). The van der Waals surface area contributed by atoms with Crippen molar-refractivity contribution in [3.63, 3.8) is 0 Å². The average Bonchev–Trinajstić information content (AvgIpc) is 3.26. The van der Waals surface area contributed by atoms with E-state index in [2.05, 4.69) is 31.3 Å². The lowest BCUT2D eigenvalue weighted by Crippen LogP contribution is -2.45. The van der Waals surface area contributed by atoms with Gasteiger partial charge in [0, 0.05) is 12.8 Å². The minimum atomic E-state index is -0.682. The van der Waals surface area contributed by atoms with E-state index in [-0.39, 0.29) is 18.5 Å². The molecule has 0 fully saturated rings. The summed E-state index contributed by atoms with van der Waals surface area (Å²) in [6.07, 6.45) is 59.1. The number of aliphatic hydroxyl groups excluding tert-OH is 2. The van der Waals surface area contributed by atoms with E-state index in [1.807, 2.05) is 0 Å². The van der Waals surface area contributed by atoms with Gasteiger partial charge in [-0.25, -0.2) is 0 Å². The van der Waals surface area contributed by atoms with Gasteiger partial charge in [0.2, 0.25) is 5.91 Å². The van der Waals surface area contributed by atoms with Gasteiger partial charge in [0.1, 0.15) is 0 Å². The lowest BCUT2D eigenvalue weighted by atomic mass is 10.0. The van der Waals surface area contributed by atoms with Crippen molar-refractivity contribution in [3.8, 4) is 0 Å². The smallest absolute Gasteiger partial charge is 0.305 e. The van der Waals surface area contributed by atoms with Crippen LogP contribution in [0.15, 0.2) is 12.2 Å². The molecule has 0 spiro atoms. The Kier molecular flexibility index (Phi) is 50.1. The van der Waals surface area contributed by atoms with Crippen LogP contribution in [0.25, 0.3) is 0 Å². The van der Waals surface area contributed by atoms with Crippen LogP contribution < -0.4 is 5.32 Å². The summed E-state index contributed by atoms with van der Waals surface area (Å²) in [5, 5.41) is 23.3. The number of aliphatic hydroxyl groups is 2. The molecule has 362 valence electrons. The number of hydrogen-bond donors (Lipinski definition) is 3. The highest BCUT2D eigenvalue weighted by atomic mass is 16.5. The van der Waals surface area contributed by atoms with E-state index in [0.29, 0.717) is 25.9 Å². The van der Waals surface area contributed by atoms with Crippen LogP contribution in [0.5, 0.6) is 0 Å². The van der Waals surface area contributed by atoms with Crippen LogP contribution in [0, 0.1) is 0 Å². The maximum atomic E-state index is 12.5. The number of carbonyl (C=O) groups excluding carboxylic acids is 2. The first-order valence-electron chi connectivity index (χ1n) is 27.4. The SMILES string of the molecule is CCCCCCCCCCCCCCCCCCCCCCCC(O)C(CO)NC(=O)CCCCCCC/C=C\CCCCOC(=O)CCCCCCCCCCCCCC. The number of esters is 1. The maximum absolute atomic E-state index is 12.5.